The number of methoxy groups -OCH3 is 1. The molecule has 3 heteroatoms. The minimum Gasteiger partial charge on any atom is -0.469 e. The van der Waals surface area contributed by atoms with Crippen LogP contribution in [0.2, 0.25) is 0 Å². The fraction of sp³-hybridized carbons (Fsp3) is 0.389. The predicted molar refractivity (Wildman–Crippen MR) is 84.0 cm³/mol. The van der Waals surface area contributed by atoms with Crippen LogP contribution in [0.25, 0.3) is 10.8 Å². The third kappa shape index (κ3) is 3.08. The Bertz CT molecular complexity index is 625. The molecule has 3 rings (SSSR count). The van der Waals surface area contributed by atoms with E-state index in [1.54, 1.807) is 0 Å². The SMILES string of the molecule is COC(=O)C1CCN(Cc2cccc3ccccc23)CC1. The number of fused-ring (bicyclic) bond motifs is 1. The van der Waals surface area contributed by atoms with Crippen LogP contribution in [-0.4, -0.2) is 31.1 Å². The number of hydrogen-bond donors (Lipinski definition) is 0. The first kappa shape index (κ1) is 14.1. The van der Waals surface area contributed by atoms with Crippen LogP contribution in [0.5, 0.6) is 0 Å². The third-order valence-corrected chi connectivity index (χ3v) is 4.40. The number of benzene rings is 2. The number of likely N-dealkylation sites (tertiary alicyclic amines) is 1. The number of piperidine rings is 1. The molecule has 3 nitrogen and oxygen atoms in total. The summed E-state index contributed by atoms with van der Waals surface area (Å²) in [6.07, 6.45) is 1.80. The number of nitrogens with zero attached hydrogens (tertiary/aromatic N) is 1. The highest BCUT2D eigenvalue weighted by molar-refractivity contribution is 5.85. The van der Waals surface area contributed by atoms with Crippen LogP contribution in [0.3, 0.4) is 0 Å². The smallest absolute Gasteiger partial charge is 0.308 e. The van der Waals surface area contributed by atoms with E-state index in [0.29, 0.717) is 0 Å². The molecular formula is C18H21NO2. The van der Waals surface area contributed by atoms with Crippen molar-refractivity contribution in [3.8, 4) is 0 Å². The lowest BCUT2D eigenvalue weighted by atomic mass is 9.96. The molecule has 0 unspecified atom stereocenters. The zero-order valence-electron chi connectivity index (χ0n) is 12.4. The van der Waals surface area contributed by atoms with Crippen molar-refractivity contribution in [3.05, 3.63) is 48.0 Å². The summed E-state index contributed by atoms with van der Waals surface area (Å²) in [7, 11) is 1.48. The van der Waals surface area contributed by atoms with Crippen LogP contribution in [0, 0.1) is 5.92 Å². The average molecular weight is 283 g/mol. The van der Waals surface area contributed by atoms with Gasteiger partial charge in [-0.15, -0.1) is 0 Å². The first-order chi connectivity index (χ1) is 10.3. The monoisotopic (exact) mass is 283 g/mol. The van der Waals surface area contributed by atoms with E-state index in [2.05, 4.69) is 47.4 Å². The van der Waals surface area contributed by atoms with Gasteiger partial charge in [-0.3, -0.25) is 9.69 Å². The highest BCUT2D eigenvalue weighted by Crippen LogP contribution is 2.23. The van der Waals surface area contributed by atoms with Crippen molar-refractivity contribution < 1.29 is 9.53 Å². The normalized spacial score (nSPS) is 17.0. The second kappa shape index (κ2) is 6.27. The number of rotatable bonds is 3. The van der Waals surface area contributed by atoms with Crippen molar-refractivity contribution in [2.45, 2.75) is 19.4 Å². The highest BCUT2D eigenvalue weighted by atomic mass is 16.5. The summed E-state index contributed by atoms with van der Waals surface area (Å²) < 4.78 is 4.84. The van der Waals surface area contributed by atoms with E-state index in [1.807, 2.05) is 0 Å². The minimum atomic E-state index is -0.0557. The molecule has 0 spiro atoms. The summed E-state index contributed by atoms with van der Waals surface area (Å²) in [4.78, 5) is 14.0. The second-order valence-corrected chi connectivity index (χ2v) is 5.71. The quantitative estimate of drug-likeness (QED) is 0.810. The van der Waals surface area contributed by atoms with Crippen molar-refractivity contribution in [2.24, 2.45) is 5.92 Å². The Morgan fingerprint density at radius 2 is 1.86 bits per heavy atom. The maximum absolute atomic E-state index is 11.6. The topological polar surface area (TPSA) is 29.5 Å². The van der Waals surface area contributed by atoms with Gasteiger partial charge >= 0.3 is 5.97 Å². The number of ether oxygens (including phenoxy) is 1. The van der Waals surface area contributed by atoms with Crippen molar-refractivity contribution in [2.75, 3.05) is 20.2 Å². The van der Waals surface area contributed by atoms with Crippen molar-refractivity contribution >= 4 is 16.7 Å². The van der Waals surface area contributed by atoms with Gasteiger partial charge in [0.25, 0.3) is 0 Å². The van der Waals surface area contributed by atoms with Crippen molar-refractivity contribution in [1.82, 2.24) is 4.90 Å². The van der Waals surface area contributed by atoms with Crippen LogP contribution in [0.15, 0.2) is 42.5 Å². The molecule has 1 heterocycles. The van der Waals surface area contributed by atoms with Crippen LogP contribution in [0.1, 0.15) is 18.4 Å². The van der Waals surface area contributed by atoms with Crippen LogP contribution >= 0.6 is 0 Å². The zero-order valence-corrected chi connectivity index (χ0v) is 12.4. The molecule has 0 aromatic heterocycles. The summed E-state index contributed by atoms with van der Waals surface area (Å²) in [6.45, 7) is 2.88. The van der Waals surface area contributed by atoms with Gasteiger partial charge < -0.3 is 4.74 Å². The van der Waals surface area contributed by atoms with E-state index < -0.39 is 0 Å². The molecule has 0 atom stereocenters. The van der Waals surface area contributed by atoms with Gasteiger partial charge in [-0.25, -0.2) is 0 Å². The van der Waals surface area contributed by atoms with E-state index in [0.717, 1.165) is 32.5 Å². The first-order valence-corrected chi connectivity index (χ1v) is 7.55. The van der Waals surface area contributed by atoms with E-state index in [4.69, 9.17) is 4.74 Å². The zero-order chi connectivity index (χ0) is 14.7. The fourth-order valence-corrected chi connectivity index (χ4v) is 3.16. The molecule has 1 fully saturated rings. The highest BCUT2D eigenvalue weighted by Gasteiger charge is 2.25. The molecule has 0 bridgehead atoms. The van der Waals surface area contributed by atoms with Gasteiger partial charge in [0, 0.05) is 6.54 Å². The molecule has 110 valence electrons. The Hall–Kier alpha value is -1.87. The first-order valence-electron chi connectivity index (χ1n) is 7.55. The van der Waals surface area contributed by atoms with Crippen molar-refractivity contribution in [3.63, 3.8) is 0 Å². The van der Waals surface area contributed by atoms with Gasteiger partial charge in [0.15, 0.2) is 0 Å². The Morgan fingerprint density at radius 1 is 1.14 bits per heavy atom. The maximum atomic E-state index is 11.6. The molecule has 0 saturated carbocycles. The van der Waals surface area contributed by atoms with E-state index in [-0.39, 0.29) is 11.9 Å². The lowest BCUT2D eigenvalue weighted by molar-refractivity contribution is -0.147. The van der Waals surface area contributed by atoms with E-state index >= 15 is 0 Å². The average Bonchev–Trinajstić information content (AvgIpc) is 2.55. The minimum absolute atomic E-state index is 0.0557. The largest absolute Gasteiger partial charge is 0.469 e. The lowest BCUT2D eigenvalue weighted by Gasteiger charge is -2.30. The molecule has 1 saturated heterocycles. The van der Waals surface area contributed by atoms with Gasteiger partial charge in [-0.2, -0.15) is 0 Å². The Kier molecular flexibility index (Phi) is 4.20. The molecule has 0 aliphatic carbocycles. The summed E-state index contributed by atoms with van der Waals surface area (Å²) in [5.74, 6) is 0.0265. The van der Waals surface area contributed by atoms with Gasteiger partial charge in [-0.1, -0.05) is 42.5 Å². The van der Waals surface area contributed by atoms with Gasteiger partial charge in [0.2, 0.25) is 0 Å². The van der Waals surface area contributed by atoms with E-state index in [1.165, 1.54) is 23.4 Å². The number of carbonyl (C=O) groups is 1. The fourth-order valence-electron chi connectivity index (χ4n) is 3.16. The molecule has 2 aromatic carbocycles. The van der Waals surface area contributed by atoms with Gasteiger partial charge in [0.1, 0.15) is 0 Å². The lowest BCUT2D eigenvalue weighted by Crippen LogP contribution is -2.36. The standard InChI is InChI=1S/C18H21NO2/c1-21-18(20)15-9-11-19(12-10-15)13-16-7-4-6-14-5-2-3-8-17(14)16/h2-8,15H,9-13H2,1H3. The summed E-state index contributed by atoms with van der Waals surface area (Å²) in [5.41, 5.74) is 1.37. The van der Waals surface area contributed by atoms with E-state index in [9.17, 15) is 4.79 Å². The van der Waals surface area contributed by atoms with Crippen LogP contribution in [-0.2, 0) is 16.1 Å². The molecule has 1 aliphatic rings. The Morgan fingerprint density at radius 3 is 2.62 bits per heavy atom. The van der Waals surface area contributed by atoms with Crippen LogP contribution in [0.4, 0.5) is 0 Å². The second-order valence-electron chi connectivity index (χ2n) is 5.71. The summed E-state index contributed by atoms with van der Waals surface area (Å²) in [6, 6.07) is 15.0. The maximum Gasteiger partial charge on any atom is 0.308 e. The number of esters is 1. The molecule has 0 radical (unpaired) electrons. The molecule has 2 aromatic rings. The summed E-state index contributed by atoms with van der Waals surface area (Å²) >= 11 is 0. The molecule has 1 aliphatic heterocycles. The molecule has 0 N–H and O–H groups in total. The number of carbonyl (C=O) groups excluding carboxylic acids is 1. The van der Waals surface area contributed by atoms with Gasteiger partial charge in [-0.05, 0) is 42.3 Å². The Balaban J connectivity index is 1.69. The molecule has 0 amide bonds. The summed E-state index contributed by atoms with van der Waals surface area (Å²) in [5, 5.41) is 2.62. The Labute approximate surface area is 125 Å². The predicted octanol–water partition coefficient (Wildman–Crippen LogP) is 3.22. The van der Waals surface area contributed by atoms with Gasteiger partial charge in [0.05, 0.1) is 13.0 Å². The van der Waals surface area contributed by atoms with Crippen molar-refractivity contribution in [1.29, 1.82) is 0 Å². The molecule has 21 heavy (non-hydrogen) atoms. The third-order valence-electron chi connectivity index (χ3n) is 4.40. The van der Waals surface area contributed by atoms with Crippen LogP contribution < -0.4 is 0 Å². The molecular weight excluding hydrogens is 262 g/mol. The number of hydrogen-bond acceptors (Lipinski definition) is 3.